The number of carboxylic acid groups (broad SMARTS) is 1. The second-order valence-electron chi connectivity index (χ2n) is 16.8. The van der Waals surface area contributed by atoms with Gasteiger partial charge in [-0.1, -0.05) is 48.6 Å². The third-order valence-electron chi connectivity index (χ3n) is 11.6. The normalized spacial score (nSPS) is 17.1. The Morgan fingerprint density at radius 3 is 2.24 bits per heavy atom. The fraction of sp³-hybridized carbons (Fsp3) is 0.429. The standard InChI is InChI=1S/C49H60N2O10S/c1-35-34-48(2,3)51(22-23-58-26-27-60-29-28-59-25-24-57-6)43-33-45-40(32-39(35)43)37(30-44(61-45)36-14-9-7-10-15-36)16-13-17-46-49(4,5)41-31-38(62(54,55)56)19-20-42(41)50(46)21-12-8-11-18-47(52)53/h7,9-10,13-17,19-20,30-34H,8,11-12,18,21-29H2,1-6H3,(H-,52,53,54,55,56)/p+1. The van der Waals surface area contributed by atoms with E-state index in [9.17, 15) is 17.8 Å². The van der Waals surface area contributed by atoms with Crippen LogP contribution in [0.15, 0.2) is 95.9 Å². The van der Waals surface area contributed by atoms with Gasteiger partial charge in [-0.05, 0) is 82.9 Å². The highest BCUT2D eigenvalue weighted by atomic mass is 32.2. The monoisotopic (exact) mass is 869 g/mol. The highest BCUT2D eigenvalue weighted by Gasteiger charge is 2.45. The number of hydrogen-bond acceptors (Lipinski definition) is 9. The predicted octanol–water partition coefficient (Wildman–Crippen LogP) is 8.73. The Bertz CT molecular complexity index is 2360. The number of allylic oxidation sites excluding steroid dienone is 6. The summed E-state index contributed by atoms with van der Waals surface area (Å²) >= 11 is 0. The molecule has 12 nitrogen and oxygen atoms in total. The van der Waals surface area contributed by atoms with Crippen molar-refractivity contribution in [1.82, 2.24) is 0 Å². The zero-order valence-corrected chi connectivity index (χ0v) is 37.6. The Balaban J connectivity index is 1.30. The van der Waals surface area contributed by atoms with Crippen molar-refractivity contribution in [2.75, 3.05) is 71.3 Å². The average molecular weight is 870 g/mol. The number of rotatable bonds is 22. The van der Waals surface area contributed by atoms with E-state index < -0.39 is 21.5 Å². The quantitative estimate of drug-likeness (QED) is 0.0569. The first-order chi connectivity index (χ1) is 29.6. The number of aliphatic carboxylic acids is 1. The first-order valence-electron chi connectivity index (χ1n) is 21.3. The first-order valence-corrected chi connectivity index (χ1v) is 22.8. The predicted molar refractivity (Wildman–Crippen MR) is 243 cm³/mol. The van der Waals surface area contributed by atoms with Crippen molar-refractivity contribution in [1.29, 1.82) is 0 Å². The van der Waals surface area contributed by atoms with E-state index in [1.54, 1.807) is 19.2 Å². The van der Waals surface area contributed by atoms with Gasteiger partial charge in [-0.2, -0.15) is 13.0 Å². The largest absolute Gasteiger partial charge is 0.481 e. The van der Waals surface area contributed by atoms with E-state index in [0.29, 0.717) is 65.8 Å². The fourth-order valence-electron chi connectivity index (χ4n) is 8.43. The van der Waals surface area contributed by atoms with Gasteiger partial charge in [0.25, 0.3) is 10.1 Å². The van der Waals surface area contributed by atoms with Crippen molar-refractivity contribution in [3.8, 4) is 5.75 Å². The molecule has 62 heavy (non-hydrogen) atoms. The minimum Gasteiger partial charge on any atom is -0.481 e. The molecule has 0 fully saturated rings. The minimum atomic E-state index is -4.42. The molecule has 0 spiro atoms. The molecule has 0 aliphatic carbocycles. The molecule has 3 aliphatic heterocycles. The van der Waals surface area contributed by atoms with Gasteiger partial charge in [-0.15, -0.1) is 0 Å². The Morgan fingerprint density at radius 1 is 0.871 bits per heavy atom. The molecule has 3 aromatic carbocycles. The number of ether oxygens (including phenoxy) is 5. The number of carboxylic acids is 1. The fourth-order valence-corrected chi connectivity index (χ4v) is 8.94. The van der Waals surface area contributed by atoms with Crippen molar-refractivity contribution in [2.24, 2.45) is 0 Å². The van der Waals surface area contributed by atoms with Gasteiger partial charge in [0.15, 0.2) is 5.71 Å². The molecule has 6 rings (SSSR count). The summed E-state index contributed by atoms with van der Waals surface area (Å²) in [6.45, 7) is 15.5. The molecule has 13 heteroatoms. The Morgan fingerprint density at radius 2 is 1.56 bits per heavy atom. The highest BCUT2D eigenvalue weighted by molar-refractivity contribution is 7.85. The Kier molecular flexibility index (Phi) is 15.4. The van der Waals surface area contributed by atoms with Crippen molar-refractivity contribution in [2.45, 2.75) is 76.2 Å². The molecule has 0 atom stereocenters. The molecule has 332 valence electrons. The van der Waals surface area contributed by atoms with Gasteiger partial charge in [0.1, 0.15) is 18.1 Å². The van der Waals surface area contributed by atoms with Crippen LogP contribution in [0, 0.1) is 0 Å². The summed E-state index contributed by atoms with van der Waals surface area (Å²) in [7, 11) is -2.77. The minimum absolute atomic E-state index is 0.111. The van der Waals surface area contributed by atoms with E-state index in [1.807, 2.05) is 50.3 Å². The van der Waals surface area contributed by atoms with Crippen LogP contribution in [-0.2, 0) is 39.3 Å². The summed E-state index contributed by atoms with van der Waals surface area (Å²) in [6, 6.07) is 19.1. The lowest BCUT2D eigenvalue weighted by atomic mass is 9.81. The molecule has 0 aromatic heterocycles. The second-order valence-corrected chi connectivity index (χ2v) is 18.2. The van der Waals surface area contributed by atoms with Crippen LogP contribution < -0.4 is 9.64 Å². The third-order valence-corrected chi connectivity index (χ3v) is 12.4. The summed E-state index contributed by atoms with van der Waals surface area (Å²) in [5.41, 5.74) is 7.90. The van der Waals surface area contributed by atoms with E-state index in [0.717, 1.165) is 69.3 Å². The highest BCUT2D eigenvalue weighted by Crippen LogP contribution is 2.47. The van der Waals surface area contributed by atoms with Gasteiger partial charge < -0.3 is 33.7 Å². The molecule has 0 amide bonds. The first kappa shape index (κ1) is 46.6. The van der Waals surface area contributed by atoms with Crippen molar-refractivity contribution in [3.05, 3.63) is 113 Å². The number of benzene rings is 3. The van der Waals surface area contributed by atoms with E-state index in [4.69, 9.17) is 28.8 Å². The Hall–Kier alpha value is -4.89. The summed E-state index contributed by atoms with van der Waals surface area (Å²) in [5.74, 6) is 0.648. The SMILES string of the molecule is COCCOCCOCCOCCN1c2cc3c(cc2C(C)=CC1(C)C)C(=CC=CC1=[N+](CCCCCC(=O)O)c2ccc(S(=O)(=O)O)cc2C1(C)C)C=C(c1ccccc1)O3. The molecule has 0 saturated heterocycles. The topological polar surface area (TPSA) is 144 Å². The van der Waals surface area contributed by atoms with E-state index >= 15 is 0 Å². The zero-order valence-electron chi connectivity index (χ0n) is 36.8. The molecule has 2 N–H and O–H groups in total. The van der Waals surface area contributed by atoms with Crippen molar-refractivity contribution in [3.63, 3.8) is 0 Å². The molecular weight excluding hydrogens is 809 g/mol. The van der Waals surface area contributed by atoms with Gasteiger partial charge in [-0.3, -0.25) is 9.35 Å². The summed E-state index contributed by atoms with van der Waals surface area (Å²) in [5, 5.41) is 9.17. The molecule has 0 bridgehead atoms. The molecule has 0 unspecified atom stereocenters. The number of carbonyl (C=O) groups is 1. The van der Waals surface area contributed by atoms with Crippen LogP contribution >= 0.6 is 0 Å². The molecule has 3 heterocycles. The van der Waals surface area contributed by atoms with Crippen LogP contribution in [0.5, 0.6) is 5.75 Å². The third kappa shape index (κ3) is 11.2. The maximum Gasteiger partial charge on any atom is 0.303 e. The van der Waals surface area contributed by atoms with Crippen LogP contribution in [-0.4, -0.2) is 106 Å². The lowest BCUT2D eigenvalue weighted by Crippen LogP contribution is -2.46. The number of hydrogen-bond donors (Lipinski definition) is 2. The summed E-state index contributed by atoms with van der Waals surface area (Å²) in [6.07, 6.45) is 12.7. The number of nitrogens with zero attached hydrogens (tertiary/aromatic N) is 2. The molecule has 0 saturated carbocycles. The van der Waals surface area contributed by atoms with Crippen LogP contribution in [0.1, 0.15) is 82.6 Å². The zero-order chi connectivity index (χ0) is 44.5. The van der Waals surface area contributed by atoms with Gasteiger partial charge >= 0.3 is 5.97 Å². The van der Waals surface area contributed by atoms with E-state index in [1.165, 1.54) is 11.6 Å². The van der Waals surface area contributed by atoms with Crippen LogP contribution in [0.3, 0.4) is 0 Å². The Labute approximate surface area is 366 Å². The van der Waals surface area contributed by atoms with Crippen molar-refractivity contribution < 1.29 is 51.1 Å². The molecular formula is C49H61N2O10S+. The number of unbranched alkanes of at least 4 members (excludes halogenated alkanes) is 2. The maximum absolute atomic E-state index is 12.2. The van der Waals surface area contributed by atoms with Crippen LogP contribution in [0.25, 0.3) is 16.9 Å². The van der Waals surface area contributed by atoms with E-state index in [2.05, 4.69) is 66.7 Å². The van der Waals surface area contributed by atoms with Gasteiger partial charge in [-0.25, -0.2) is 0 Å². The van der Waals surface area contributed by atoms with Crippen LogP contribution in [0.2, 0.25) is 0 Å². The average Bonchev–Trinajstić information content (AvgIpc) is 3.43. The van der Waals surface area contributed by atoms with E-state index in [-0.39, 0.29) is 16.9 Å². The second kappa shape index (κ2) is 20.5. The number of methoxy groups -OCH3 is 1. The molecule has 3 aromatic rings. The lowest BCUT2D eigenvalue weighted by Gasteiger charge is -2.44. The number of anilines is 1. The number of fused-ring (bicyclic) bond motifs is 3. The van der Waals surface area contributed by atoms with Gasteiger partial charge in [0, 0.05) is 72.6 Å². The van der Waals surface area contributed by atoms with Gasteiger partial charge in [0.2, 0.25) is 5.69 Å². The molecule has 3 aliphatic rings. The van der Waals surface area contributed by atoms with Crippen molar-refractivity contribution >= 4 is 50.1 Å². The summed E-state index contributed by atoms with van der Waals surface area (Å²) < 4.78 is 65.4. The summed E-state index contributed by atoms with van der Waals surface area (Å²) in [4.78, 5) is 13.4. The maximum atomic E-state index is 12.2. The molecule has 0 radical (unpaired) electrons. The van der Waals surface area contributed by atoms with Gasteiger partial charge in [0.05, 0.1) is 62.1 Å². The smallest absolute Gasteiger partial charge is 0.303 e. The lowest BCUT2D eigenvalue weighted by molar-refractivity contribution is -0.438. The van der Waals surface area contributed by atoms with Crippen LogP contribution in [0.4, 0.5) is 11.4 Å².